The van der Waals surface area contributed by atoms with E-state index in [0.717, 1.165) is 31.1 Å². The second-order valence-electron chi connectivity index (χ2n) is 6.99. The van der Waals surface area contributed by atoms with Crippen molar-refractivity contribution in [1.82, 2.24) is 24.9 Å². The fourth-order valence-electron chi connectivity index (χ4n) is 3.45. The number of nitrogens with zero attached hydrogens (tertiary/aromatic N) is 5. The molecule has 0 spiro atoms. The highest BCUT2D eigenvalue weighted by molar-refractivity contribution is 7.98. The van der Waals surface area contributed by atoms with Crippen molar-refractivity contribution in [2.75, 3.05) is 32.4 Å². The Morgan fingerprint density at radius 2 is 2.00 bits per heavy atom. The maximum Gasteiger partial charge on any atom is 0.258 e. The summed E-state index contributed by atoms with van der Waals surface area (Å²) < 4.78 is 10.5. The van der Waals surface area contributed by atoms with E-state index in [1.54, 1.807) is 12.3 Å². The molecule has 29 heavy (non-hydrogen) atoms. The summed E-state index contributed by atoms with van der Waals surface area (Å²) in [5.74, 6) is 1.89. The molecule has 0 radical (unpaired) electrons. The Labute approximate surface area is 173 Å². The number of hydrogen-bond donors (Lipinski definition) is 0. The molecule has 1 fully saturated rings. The third-order valence-corrected chi connectivity index (χ3v) is 5.61. The van der Waals surface area contributed by atoms with Gasteiger partial charge in [0.1, 0.15) is 10.8 Å². The average molecular weight is 414 g/mol. The van der Waals surface area contributed by atoms with Crippen LogP contribution in [0.25, 0.3) is 11.6 Å². The molecule has 0 N–H and O–H groups in total. The topological polar surface area (TPSA) is 88.5 Å². The fourth-order valence-corrected chi connectivity index (χ4v) is 4.06. The van der Waals surface area contributed by atoms with Crippen LogP contribution in [0.15, 0.2) is 38.4 Å². The number of aromatic nitrogens is 3. The summed E-state index contributed by atoms with van der Waals surface area (Å²) in [7, 11) is 0. The normalized spacial score (nSPS) is 15.1. The number of aryl methyl sites for hydroxylation is 2. The molecule has 0 saturated carbocycles. The van der Waals surface area contributed by atoms with Gasteiger partial charge in [-0.15, -0.1) is 11.8 Å². The lowest BCUT2D eigenvalue weighted by atomic mass is 10.2. The van der Waals surface area contributed by atoms with Crippen molar-refractivity contribution in [2.45, 2.75) is 25.4 Å². The molecule has 0 bridgehead atoms. The van der Waals surface area contributed by atoms with Crippen LogP contribution >= 0.6 is 11.8 Å². The van der Waals surface area contributed by atoms with Gasteiger partial charge in [-0.2, -0.15) is 0 Å². The third-order valence-electron chi connectivity index (χ3n) is 4.93. The number of carbonyl (C=O) groups excluding carboxylic acids is 1. The maximum absolute atomic E-state index is 13.2. The Balaban J connectivity index is 1.47. The van der Waals surface area contributed by atoms with Gasteiger partial charge >= 0.3 is 0 Å². The van der Waals surface area contributed by atoms with Gasteiger partial charge in [0.2, 0.25) is 0 Å². The molecule has 3 aromatic rings. The summed E-state index contributed by atoms with van der Waals surface area (Å²) in [5, 5.41) is 4.73. The van der Waals surface area contributed by atoms with Gasteiger partial charge in [-0.25, -0.2) is 9.97 Å². The lowest BCUT2D eigenvalue weighted by Crippen LogP contribution is -2.48. The highest BCUT2D eigenvalue weighted by Gasteiger charge is 2.27. The predicted molar refractivity (Wildman–Crippen MR) is 109 cm³/mol. The first-order valence-corrected chi connectivity index (χ1v) is 10.7. The first-order valence-electron chi connectivity index (χ1n) is 9.45. The zero-order valence-corrected chi connectivity index (χ0v) is 17.5. The monoisotopic (exact) mass is 413 g/mol. The van der Waals surface area contributed by atoms with Gasteiger partial charge in [-0.3, -0.25) is 9.69 Å². The number of piperazine rings is 1. The van der Waals surface area contributed by atoms with Crippen LogP contribution in [0.2, 0.25) is 0 Å². The predicted octanol–water partition coefficient (Wildman–Crippen LogP) is 3.02. The van der Waals surface area contributed by atoms with Gasteiger partial charge < -0.3 is 13.8 Å². The van der Waals surface area contributed by atoms with Crippen molar-refractivity contribution in [3.8, 4) is 11.6 Å². The Hall–Kier alpha value is -2.65. The van der Waals surface area contributed by atoms with Crippen molar-refractivity contribution in [3.63, 3.8) is 0 Å². The molecule has 9 heteroatoms. The van der Waals surface area contributed by atoms with Crippen LogP contribution in [0.5, 0.6) is 0 Å². The zero-order valence-electron chi connectivity index (χ0n) is 16.7. The first kappa shape index (κ1) is 19.7. The van der Waals surface area contributed by atoms with Crippen molar-refractivity contribution < 1.29 is 13.7 Å². The van der Waals surface area contributed by atoms with Gasteiger partial charge in [-0.1, -0.05) is 5.16 Å². The fraction of sp³-hybridized carbons (Fsp3) is 0.400. The molecule has 4 heterocycles. The highest BCUT2D eigenvalue weighted by Crippen LogP contribution is 2.26. The quantitative estimate of drug-likeness (QED) is 0.466. The molecular formula is C20H23N5O3S. The van der Waals surface area contributed by atoms with E-state index in [1.165, 1.54) is 11.8 Å². The van der Waals surface area contributed by atoms with Crippen LogP contribution in [0.4, 0.5) is 0 Å². The van der Waals surface area contributed by atoms with E-state index in [1.807, 2.05) is 37.1 Å². The minimum Gasteiger partial charge on any atom is -0.461 e. The van der Waals surface area contributed by atoms with E-state index < -0.39 is 0 Å². The molecule has 0 unspecified atom stereocenters. The third kappa shape index (κ3) is 4.20. The van der Waals surface area contributed by atoms with Crippen LogP contribution in [0.3, 0.4) is 0 Å². The minimum absolute atomic E-state index is 0.0187. The Kier molecular flexibility index (Phi) is 5.68. The summed E-state index contributed by atoms with van der Waals surface area (Å²) in [5.41, 5.74) is 2.17. The summed E-state index contributed by atoms with van der Waals surface area (Å²) in [6, 6.07) is 5.56. The van der Waals surface area contributed by atoms with E-state index in [0.29, 0.717) is 41.0 Å². The average Bonchev–Trinajstić information content (AvgIpc) is 3.39. The standard InChI is InChI=1S/C20H23N5O3S/c1-13-11-15(23-28-13)12-24-6-8-25(9-7-24)20(26)17-14(2)21-18(22-19(17)29-3)16-5-4-10-27-16/h4-5,10-11H,6-9,12H2,1-3H3. The highest BCUT2D eigenvalue weighted by atomic mass is 32.2. The summed E-state index contributed by atoms with van der Waals surface area (Å²) in [4.78, 5) is 26.5. The van der Waals surface area contributed by atoms with Gasteiger partial charge in [0, 0.05) is 38.8 Å². The number of hydrogen-bond acceptors (Lipinski definition) is 8. The van der Waals surface area contributed by atoms with Crippen molar-refractivity contribution in [2.24, 2.45) is 0 Å². The second kappa shape index (κ2) is 8.38. The van der Waals surface area contributed by atoms with Crippen LogP contribution in [0, 0.1) is 13.8 Å². The molecule has 1 saturated heterocycles. The first-order chi connectivity index (χ1) is 14.0. The molecule has 1 aliphatic rings. The van der Waals surface area contributed by atoms with Crippen LogP contribution < -0.4 is 0 Å². The largest absolute Gasteiger partial charge is 0.461 e. The summed E-state index contributed by atoms with van der Waals surface area (Å²) >= 11 is 1.45. The Bertz CT molecular complexity index is 994. The van der Waals surface area contributed by atoms with Gasteiger partial charge in [0.25, 0.3) is 5.91 Å². The van der Waals surface area contributed by atoms with Gasteiger partial charge in [0.05, 0.1) is 23.2 Å². The number of rotatable bonds is 5. The molecule has 4 rings (SSSR count). The van der Waals surface area contributed by atoms with Crippen LogP contribution in [0.1, 0.15) is 27.5 Å². The molecule has 1 amide bonds. The van der Waals surface area contributed by atoms with E-state index in [-0.39, 0.29) is 5.91 Å². The molecule has 152 valence electrons. The lowest BCUT2D eigenvalue weighted by molar-refractivity contribution is 0.0620. The molecule has 0 aromatic carbocycles. The second-order valence-corrected chi connectivity index (χ2v) is 7.79. The molecule has 1 aliphatic heterocycles. The SMILES string of the molecule is CSc1nc(-c2ccco2)nc(C)c1C(=O)N1CCN(Cc2cc(C)on2)CC1. The summed E-state index contributed by atoms with van der Waals surface area (Å²) in [6.07, 6.45) is 3.51. The van der Waals surface area contributed by atoms with E-state index >= 15 is 0 Å². The Morgan fingerprint density at radius 1 is 1.21 bits per heavy atom. The minimum atomic E-state index is -0.0187. The lowest BCUT2D eigenvalue weighted by Gasteiger charge is -2.34. The Morgan fingerprint density at radius 3 is 2.62 bits per heavy atom. The van der Waals surface area contributed by atoms with Crippen LogP contribution in [-0.2, 0) is 6.54 Å². The molecule has 3 aromatic heterocycles. The zero-order chi connectivity index (χ0) is 20.4. The van der Waals surface area contributed by atoms with E-state index in [9.17, 15) is 4.79 Å². The van der Waals surface area contributed by atoms with E-state index in [4.69, 9.17) is 8.94 Å². The number of furan rings is 1. The number of carbonyl (C=O) groups is 1. The number of amides is 1. The van der Waals surface area contributed by atoms with Crippen molar-refractivity contribution in [3.05, 3.63) is 47.2 Å². The molecule has 8 nitrogen and oxygen atoms in total. The number of thioether (sulfide) groups is 1. The smallest absolute Gasteiger partial charge is 0.258 e. The van der Waals surface area contributed by atoms with E-state index in [2.05, 4.69) is 20.0 Å². The van der Waals surface area contributed by atoms with Gasteiger partial charge in [0.15, 0.2) is 11.6 Å². The molecule has 0 atom stereocenters. The maximum atomic E-state index is 13.2. The summed E-state index contributed by atoms with van der Waals surface area (Å²) in [6.45, 7) is 7.36. The van der Waals surface area contributed by atoms with Crippen molar-refractivity contribution >= 4 is 17.7 Å². The van der Waals surface area contributed by atoms with Crippen LogP contribution in [-0.4, -0.2) is 63.3 Å². The molecule has 0 aliphatic carbocycles. The van der Waals surface area contributed by atoms with Crippen molar-refractivity contribution in [1.29, 1.82) is 0 Å². The van der Waals surface area contributed by atoms with Gasteiger partial charge in [-0.05, 0) is 32.2 Å². The molecular weight excluding hydrogens is 390 g/mol.